The van der Waals surface area contributed by atoms with Gasteiger partial charge in [0, 0.05) is 0 Å². The average Bonchev–Trinajstić information content (AvgIpc) is 2.04. The molecule has 0 aliphatic carbocycles. The summed E-state index contributed by atoms with van der Waals surface area (Å²) in [6.45, 7) is 0. The first-order chi connectivity index (χ1) is 6.15. The molecule has 1 N–H and O–H groups in total. The van der Waals surface area contributed by atoms with Gasteiger partial charge in [-0.2, -0.15) is 5.26 Å². The van der Waals surface area contributed by atoms with Gasteiger partial charge >= 0.3 is 0 Å². The van der Waals surface area contributed by atoms with Crippen LogP contribution in [0.15, 0.2) is 12.3 Å². The maximum atomic E-state index is 12.2. The molecule has 13 heavy (non-hydrogen) atoms. The van der Waals surface area contributed by atoms with Crippen LogP contribution in [0.4, 0.5) is 8.78 Å². The van der Waals surface area contributed by atoms with Gasteiger partial charge in [0.25, 0.3) is 6.43 Å². The van der Waals surface area contributed by atoms with Crippen LogP contribution in [-0.4, -0.2) is 10.1 Å². The molecule has 0 spiro atoms. The van der Waals surface area contributed by atoms with E-state index in [9.17, 15) is 8.78 Å². The van der Waals surface area contributed by atoms with Crippen LogP contribution in [-0.2, 0) is 6.42 Å². The standard InChI is InChI=1S/C8H6F2N2O/c9-8(10)7-5(1-2-11)3-6(13)4-12-7/h3-4,8,13H,1H2. The Morgan fingerprint density at radius 3 is 2.85 bits per heavy atom. The summed E-state index contributed by atoms with van der Waals surface area (Å²) < 4.78 is 24.5. The monoisotopic (exact) mass is 184 g/mol. The summed E-state index contributed by atoms with van der Waals surface area (Å²) in [6.07, 6.45) is -1.97. The third kappa shape index (κ3) is 2.12. The average molecular weight is 184 g/mol. The predicted molar refractivity (Wildman–Crippen MR) is 40.2 cm³/mol. The minimum Gasteiger partial charge on any atom is -0.506 e. The highest BCUT2D eigenvalue weighted by Crippen LogP contribution is 2.23. The smallest absolute Gasteiger partial charge is 0.280 e. The van der Waals surface area contributed by atoms with Crippen molar-refractivity contribution in [3.8, 4) is 11.8 Å². The second-order valence-electron chi connectivity index (χ2n) is 2.37. The molecule has 68 valence electrons. The quantitative estimate of drug-likeness (QED) is 0.762. The molecule has 0 saturated heterocycles. The zero-order chi connectivity index (χ0) is 9.84. The molecule has 0 fully saturated rings. The summed E-state index contributed by atoms with van der Waals surface area (Å²) in [6, 6.07) is 2.84. The highest BCUT2D eigenvalue weighted by molar-refractivity contribution is 5.31. The largest absolute Gasteiger partial charge is 0.506 e. The molecule has 0 amide bonds. The fraction of sp³-hybridized carbons (Fsp3) is 0.250. The van der Waals surface area contributed by atoms with Gasteiger partial charge in [-0.3, -0.25) is 4.98 Å². The van der Waals surface area contributed by atoms with E-state index in [2.05, 4.69) is 4.98 Å². The molecule has 0 saturated carbocycles. The molecular formula is C8H6F2N2O. The number of nitriles is 1. The van der Waals surface area contributed by atoms with Crippen LogP contribution in [0.1, 0.15) is 17.7 Å². The van der Waals surface area contributed by atoms with E-state index in [-0.39, 0.29) is 17.7 Å². The molecule has 0 aliphatic heterocycles. The molecule has 0 aliphatic rings. The molecule has 1 aromatic heterocycles. The molecule has 1 aromatic rings. The molecule has 0 aromatic carbocycles. The number of hydrogen-bond acceptors (Lipinski definition) is 3. The van der Waals surface area contributed by atoms with Crippen molar-refractivity contribution in [2.24, 2.45) is 0 Å². The summed E-state index contributed by atoms with van der Waals surface area (Å²) >= 11 is 0. The van der Waals surface area contributed by atoms with Gasteiger partial charge in [0.05, 0.1) is 18.7 Å². The third-order valence-corrected chi connectivity index (χ3v) is 1.46. The number of halogens is 2. The minimum atomic E-state index is -2.72. The first-order valence-electron chi connectivity index (χ1n) is 3.48. The van der Waals surface area contributed by atoms with Gasteiger partial charge in [0.2, 0.25) is 0 Å². The normalized spacial score (nSPS) is 10.0. The van der Waals surface area contributed by atoms with Crippen LogP contribution in [0, 0.1) is 11.3 Å². The first kappa shape index (κ1) is 9.39. The van der Waals surface area contributed by atoms with Crippen molar-refractivity contribution in [1.29, 1.82) is 5.26 Å². The van der Waals surface area contributed by atoms with Crippen LogP contribution < -0.4 is 0 Å². The fourth-order valence-corrected chi connectivity index (χ4v) is 0.932. The SMILES string of the molecule is N#CCc1cc(O)cnc1C(F)F. The molecule has 0 radical (unpaired) electrons. The maximum absolute atomic E-state index is 12.2. The van der Waals surface area contributed by atoms with E-state index < -0.39 is 12.1 Å². The van der Waals surface area contributed by atoms with Crippen molar-refractivity contribution in [2.45, 2.75) is 12.8 Å². The number of aromatic hydroxyl groups is 1. The van der Waals surface area contributed by atoms with Crippen LogP contribution in [0.3, 0.4) is 0 Å². The predicted octanol–water partition coefficient (Wildman–Crippen LogP) is 1.79. The lowest BCUT2D eigenvalue weighted by Gasteiger charge is -2.04. The fourth-order valence-electron chi connectivity index (χ4n) is 0.932. The Bertz CT molecular complexity index is 346. The Labute approximate surface area is 73.3 Å². The highest BCUT2D eigenvalue weighted by atomic mass is 19.3. The lowest BCUT2D eigenvalue weighted by atomic mass is 10.1. The van der Waals surface area contributed by atoms with Gasteiger partial charge in [0.1, 0.15) is 11.4 Å². The van der Waals surface area contributed by atoms with E-state index in [1.165, 1.54) is 0 Å². The van der Waals surface area contributed by atoms with Gasteiger partial charge in [-0.05, 0) is 11.6 Å². The Balaban J connectivity index is 3.12. The zero-order valence-corrected chi connectivity index (χ0v) is 6.54. The molecule has 0 bridgehead atoms. The molecule has 5 heteroatoms. The summed E-state index contributed by atoms with van der Waals surface area (Å²) in [5.74, 6) is -0.213. The maximum Gasteiger partial charge on any atom is 0.280 e. The number of aromatic nitrogens is 1. The molecule has 1 heterocycles. The van der Waals surface area contributed by atoms with Crippen molar-refractivity contribution < 1.29 is 13.9 Å². The Morgan fingerprint density at radius 1 is 1.62 bits per heavy atom. The first-order valence-corrected chi connectivity index (χ1v) is 3.48. The summed E-state index contributed by atoms with van der Waals surface area (Å²) in [4.78, 5) is 3.35. The van der Waals surface area contributed by atoms with Crippen molar-refractivity contribution in [3.63, 3.8) is 0 Å². The van der Waals surface area contributed by atoms with Crippen LogP contribution >= 0.6 is 0 Å². The van der Waals surface area contributed by atoms with Crippen molar-refractivity contribution in [1.82, 2.24) is 4.98 Å². The molecule has 0 unspecified atom stereocenters. The second kappa shape index (κ2) is 3.81. The van der Waals surface area contributed by atoms with E-state index in [0.717, 1.165) is 12.3 Å². The summed E-state index contributed by atoms with van der Waals surface area (Å²) in [7, 11) is 0. The van der Waals surface area contributed by atoms with E-state index in [1.807, 2.05) is 0 Å². The summed E-state index contributed by atoms with van der Waals surface area (Å²) in [5.41, 5.74) is -0.378. The van der Waals surface area contributed by atoms with Gasteiger partial charge in [-0.1, -0.05) is 0 Å². The van der Waals surface area contributed by atoms with Crippen molar-refractivity contribution in [2.75, 3.05) is 0 Å². The van der Waals surface area contributed by atoms with E-state index in [4.69, 9.17) is 10.4 Å². The summed E-state index contributed by atoms with van der Waals surface area (Å²) in [5, 5.41) is 17.2. The van der Waals surface area contributed by atoms with Gasteiger partial charge in [0.15, 0.2) is 0 Å². The van der Waals surface area contributed by atoms with Crippen LogP contribution in [0.5, 0.6) is 5.75 Å². The lowest BCUT2D eigenvalue weighted by Crippen LogP contribution is -1.97. The van der Waals surface area contributed by atoms with E-state index >= 15 is 0 Å². The molecular weight excluding hydrogens is 178 g/mol. The Kier molecular flexibility index (Phi) is 2.75. The number of alkyl halides is 2. The number of hydrogen-bond donors (Lipinski definition) is 1. The lowest BCUT2D eigenvalue weighted by molar-refractivity contribution is 0.145. The van der Waals surface area contributed by atoms with Gasteiger partial charge < -0.3 is 5.11 Å². The Morgan fingerprint density at radius 2 is 2.31 bits per heavy atom. The van der Waals surface area contributed by atoms with E-state index in [0.29, 0.717) is 0 Å². The number of rotatable bonds is 2. The van der Waals surface area contributed by atoms with Gasteiger partial charge in [-0.15, -0.1) is 0 Å². The molecule has 3 nitrogen and oxygen atoms in total. The Hall–Kier alpha value is -1.70. The second-order valence-corrected chi connectivity index (χ2v) is 2.37. The number of nitrogens with zero attached hydrogens (tertiary/aromatic N) is 2. The van der Waals surface area contributed by atoms with Gasteiger partial charge in [-0.25, -0.2) is 8.78 Å². The molecule has 1 rings (SSSR count). The topological polar surface area (TPSA) is 56.9 Å². The minimum absolute atomic E-state index is 0.0671. The third-order valence-electron chi connectivity index (χ3n) is 1.46. The van der Waals surface area contributed by atoms with Crippen LogP contribution in [0.25, 0.3) is 0 Å². The van der Waals surface area contributed by atoms with E-state index in [1.54, 1.807) is 6.07 Å². The highest BCUT2D eigenvalue weighted by Gasteiger charge is 2.14. The molecule has 0 atom stereocenters. The zero-order valence-electron chi connectivity index (χ0n) is 6.54. The van der Waals surface area contributed by atoms with Crippen molar-refractivity contribution >= 4 is 0 Å². The van der Waals surface area contributed by atoms with Crippen molar-refractivity contribution in [3.05, 3.63) is 23.5 Å². The number of pyridine rings is 1. The van der Waals surface area contributed by atoms with Crippen LogP contribution in [0.2, 0.25) is 0 Å².